The van der Waals surface area contributed by atoms with Crippen LogP contribution in [0.5, 0.6) is 0 Å². The molecule has 0 aliphatic heterocycles. The summed E-state index contributed by atoms with van der Waals surface area (Å²) in [5, 5.41) is 0. The van der Waals surface area contributed by atoms with Crippen molar-refractivity contribution >= 4 is 0 Å². The van der Waals surface area contributed by atoms with Crippen LogP contribution in [-0.4, -0.2) is 6.54 Å². The van der Waals surface area contributed by atoms with Gasteiger partial charge in [-0.25, -0.2) is 0 Å². The lowest BCUT2D eigenvalue weighted by Gasteiger charge is -2.22. The van der Waals surface area contributed by atoms with Crippen molar-refractivity contribution in [2.45, 2.75) is 66.2 Å². The molecule has 1 heteroatoms. The van der Waals surface area contributed by atoms with E-state index in [1.165, 1.54) is 38.5 Å². The summed E-state index contributed by atoms with van der Waals surface area (Å²) < 4.78 is 0. The van der Waals surface area contributed by atoms with Crippen LogP contribution in [0.25, 0.3) is 0 Å². The van der Waals surface area contributed by atoms with Crippen LogP contribution in [0.1, 0.15) is 66.2 Å². The highest BCUT2D eigenvalue weighted by Gasteiger charge is 2.13. The molecule has 2 N–H and O–H groups in total. The zero-order valence-electron chi connectivity index (χ0n) is 11.3. The average molecular weight is 213 g/mol. The number of unbranched alkanes of at least 4 members (excludes halogenated alkanes) is 3. The molecule has 0 fully saturated rings. The van der Waals surface area contributed by atoms with E-state index in [2.05, 4.69) is 27.7 Å². The second kappa shape index (κ2) is 9.21. The van der Waals surface area contributed by atoms with Gasteiger partial charge in [-0.2, -0.15) is 0 Å². The van der Waals surface area contributed by atoms with Crippen molar-refractivity contribution in [1.82, 2.24) is 0 Å². The number of nitrogens with two attached hydrogens (primary N) is 1. The number of hydrogen-bond donors (Lipinski definition) is 1. The quantitative estimate of drug-likeness (QED) is 0.570. The van der Waals surface area contributed by atoms with Crippen LogP contribution >= 0.6 is 0 Å². The molecule has 0 rings (SSSR count). The van der Waals surface area contributed by atoms with Gasteiger partial charge < -0.3 is 5.73 Å². The lowest BCUT2D eigenvalue weighted by atomic mass is 9.85. The zero-order valence-corrected chi connectivity index (χ0v) is 11.3. The highest BCUT2D eigenvalue weighted by atomic mass is 14.5. The Bertz CT molecular complexity index is 133. The van der Waals surface area contributed by atoms with Crippen LogP contribution in [0.4, 0.5) is 0 Å². The van der Waals surface area contributed by atoms with Gasteiger partial charge in [-0.15, -0.1) is 0 Å². The highest BCUT2D eigenvalue weighted by Crippen LogP contribution is 2.23. The first-order valence-corrected chi connectivity index (χ1v) is 6.81. The Balaban J connectivity index is 3.50. The molecule has 0 aliphatic rings. The van der Waals surface area contributed by atoms with Crippen LogP contribution in [0.3, 0.4) is 0 Å². The monoisotopic (exact) mass is 213 g/mol. The Kier molecular flexibility index (Phi) is 9.18. The van der Waals surface area contributed by atoms with Gasteiger partial charge in [0.25, 0.3) is 0 Å². The fourth-order valence-electron chi connectivity index (χ4n) is 2.14. The predicted molar refractivity (Wildman–Crippen MR) is 69.9 cm³/mol. The lowest BCUT2D eigenvalue weighted by Crippen LogP contribution is -2.20. The fourth-order valence-corrected chi connectivity index (χ4v) is 2.14. The molecule has 0 bridgehead atoms. The van der Waals surface area contributed by atoms with Crippen LogP contribution in [-0.2, 0) is 0 Å². The Labute approximate surface area is 96.8 Å². The van der Waals surface area contributed by atoms with Gasteiger partial charge in [0.2, 0.25) is 0 Å². The maximum Gasteiger partial charge on any atom is -0.00490 e. The van der Waals surface area contributed by atoms with E-state index in [9.17, 15) is 0 Å². The van der Waals surface area contributed by atoms with Gasteiger partial charge in [0.1, 0.15) is 0 Å². The van der Waals surface area contributed by atoms with E-state index < -0.39 is 0 Å². The van der Waals surface area contributed by atoms with Crippen LogP contribution in [0.15, 0.2) is 0 Å². The molecular weight excluding hydrogens is 182 g/mol. The van der Waals surface area contributed by atoms with E-state index >= 15 is 0 Å². The second-order valence-electron chi connectivity index (χ2n) is 5.38. The summed E-state index contributed by atoms with van der Waals surface area (Å²) >= 11 is 0. The maximum absolute atomic E-state index is 5.69. The Morgan fingerprint density at radius 2 is 1.60 bits per heavy atom. The highest BCUT2D eigenvalue weighted by molar-refractivity contribution is 4.66. The predicted octanol–water partition coefficient (Wildman–Crippen LogP) is 4.21. The summed E-state index contributed by atoms with van der Waals surface area (Å²) in [4.78, 5) is 0. The third-order valence-electron chi connectivity index (χ3n) is 3.67. The number of hydrogen-bond acceptors (Lipinski definition) is 1. The van der Waals surface area contributed by atoms with Gasteiger partial charge in [0.15, 0.2) is 0 Å². The summed E-state index contributed by atoms with van der Waals surface area (Å²) in [6, 6.07) is 0. The standard InChI is InChI=1S/C14H31N/c1-5-6-7-8-9-12(2)10-13(3)14(4)11-15/h12-14H,5-11,15H2,1-4H3. The molecule has 0 aliphatic carbocycles. The van der Waals surface area contributed by atoms with Gasteiger partial charge in [0.05, 0.1) is 0 Å². The van der Waals surface area contributed by atoms with E-state index in [-0.39, 0.29) is 0 Å². The molecule has 0 radical (unpaired) electrons. The SMILES string of the molecule is CCCCCCC(C)CC(C)C(C)CN. The molecule has 0 amide bonds. The smallest absolute Gasteiger partial charge is 0.00490 e. The molecule has 1 nitrogen and oxygen atoms in total. The Morgan fingerprint density at radius 3 is 2.13 bits per heavy atom. The number of rotatable bonds is 9. The lowest BCUT2D eigenvalue weighted by molar-refractivity contribution is 0.305. The molecule has 3 unspecified atom stereocenters. The maximum atomic E-state index is 5.69. The minimum atomic E-state index is 0.683. The van der Waals surface area contributed by atoms with Gasteiger partial charge >= 0.3 is 0 Å². The molecular formula is C14H31N. The summed E-state index contributed by atoms with van der Waals surface area (Å²) in [6.07, 6.45) is 8.34. The van der Waals surface area contributed by atoms with Crippen molar-refractivity contribution in [3.8, 4) is 0 Å². The van der Waals surface area contributed by atoms with Gasteiger partial charge in [-0.05, 0) is 30.7 Å². The van der Waals surface area contributed by atoms with Gasteiger partial charge in [0, 0.05) is 0 Å². The summed E-state index contributed by atoms with van der Waals surface area (Å²) in [5.41, 5.74) is 5.69. The molecule has 0 aromatic heterocycles. The first kappa shape index (κ1) is 15.0. The zero-order chi connectivity index (χ0) is 11.7. The fraction of sp³-hybridized carbons (Fsp3) is 1.00. The van der Waals surface area contributed by atoms with Crippen molar-refractivity contribution in [1.29, 1.82) is 0 Å². The van der Waals surface area contributed by atoms with Crippen molar-refractivity contribution in [3.05, 3.63) is 0 Å². The van der Waals surface area contributed by atoms with Crippen LogP contribution in [0, 0.1) is 17.8 Å². The minimum absolute atomic E-state index is 0.683. The minimum Gasteiger partial charge on any atom is -0.330 e. The third-order valence-corrected chi connectivity index (χ3v) is 3.67. The largest absolute Gasteiger partial charge is 0.330 e. The van der Waals surface area contributed by atoms with Crippen molar-refractivity contribution in [2.75, 3.05) is 6.54 Å². The normalized spacial score (nSPS) is 17.4. The summed E-state index contributed by atoms with van der Waals surface area (Å²) in [7, 11) is 0. The van der Waals surface area contributed by atoms with E-state index in [1.807, 2.05) is 0 Å². The topological polar surface area (TPSA) is 26.0 Å². The average Bonchev–Trinajstić information content (AvgIpc) is 2.23. The van der Waals surface area contributed by atoms with E-state index in [0.717, 1.165) is 18.4 Å². The van der Waals surface area contributed by atoms with E-state index in [0.29, 0.717) is 5.92 Å². The van der Waals surface area contributed by atoms with E-state index in [4.69, 9.17) is 5.73 Å². The molecule has 0 spiro atoms. The van der Waals surface area contributed by atoms with Crippen molar-refractivity contribution < 1.29 is 0 Å². The molecule has 15 heavy (non-hydrogen) atoms. The first-order valence-electron chi connectivity index (χ1n) is 6.81. The molecule has 0 aromatic rings. The molecule has 0 saturated heterocycles. The summed E-state index contributed by atoms with van der Waals surface area (Å²) in [6.45, 7) is 10.1. The van der Waals surface area contributed by atoms with E-state index in [1.54, 1.807) is 0 Å². The van der Waals surface area contributed by atoms with Gasteiger partial charge in [-0.3, -0.25) is 0 Å². The van der Waals surface area contributed by atoms with Gasteiger partial charge in [-0.1, -0.05) is 59.8 Å². The van der Waals surface area contributed by atoms with Crippen LogP contribution < -0.4 is 5.73 Å². The molecule has 0 saturated carbocycles. The molecule has 0 aromatic carbocycles. The molecule has 0 heterocycles. The third kappa shape index (κ3) is 7.84. The Hall–Kier alpha value is -0.0400. The van der Waals surface area contributed by atoms with Crippen molar-refractivity contribution in [3.63, 3.8) is 0 Å². The van der Waals surface area contributed by atoms with Crippen LogP contribution in [0.2, 0.25) is 0 Å². The van der Waals surface area contributed by atoms with Crippen molar-refractivity contribution in [2.24, 2.45) is 23.5 Å². The first-order chi connectivity index (χ1) is 7.11. The molecule has 92 valence electrons. The second-order valence-corrected chi connectivity index (χ2v) is 5.38. The molecule has 3 atom stereocenters. The Morgan fingerprint density at radius 1 is 0.933 bits per heavy atom. The summed E-state index contributed by atoms with van der Waals surface area (Å²) in [5.74, 6) is 2.35.